The van der Waals surface area contributed by atoms with Crippen molar-refractivity contribution in [3.05, 3.63) is 60.2 Å². The van der Waals surface area contributed by atoms with Crippen LogP contribution in [0.1, 0.15) is 31.2 Å². The standard InChI is InChI=1S/C26H35N3O4S/c1-34(31,32)28-15-13-27(14-16-28)22-9-11-25(12-10-22)33-20-26(30)17-23-7-8-24(18-26)29(23)19-21-5-3-2-4-6-21/h2-6,9-12,23-24,30H,7-8,13-20H2,1H3. The van der Waals surface area contributed by atoms with Crippen LogP contribution in [0.3, 0.4) is 0 Å². The Kier molecular flexibility index (Phi) is 6.59. The Morgan fingerprint density at radius 1 is 0.941 bits per heavy atom. The summed E-state index contributed by atoms with van der Waals surface area (Å²) in [6, 6.07) is 19.3. The Balaban J connectivity index is 1.14. The van der Waals surface area contributed by atoms with Crippen LogP contribution >= 0.6 is 0 Å². The highest BCUT2D eigenvalue weighted by molar-refractivity contribution is 7.88. The molecule has 0 aliphatic carbocycles. The highest BCUT2D eigenvalue weighted by Crippen LogP contribution is 2.42. The third-order valence-electron chi connectivity index (χ3n) is 7.63. The van der Waals surface area contributed by atoms with E-state index in [9.17, 15) is 13.5 Å². The van der Waals surface area contributed by atoms with Crippen molar-refractivity contribution in [2.24, 2.45) is 0 Å². The Bertz CT molecular complexity index is 1050. The summed E-state index contributed by atoms with van der Waals surface area (Å²) >= 11 is 0. The fourth-order valence-electron chi connectivity index (χ4n) is 5.83. The van der Waals surface area contributed by atoms with Crippen molar-refractivity contribution >= 4 is 15.7 Å². The van der Waals surface area contributed by atoms with Crippen LogP contribution in [0.15, 0.2) is 54.6 Å². The van der Waals surface area contributed by atoms with E-state index in [2.05, 4.69) is 40.1 Å². The number of piperazine rings is 1. The van der Waals surface area contributed by atoms with Gasteiger partial charge in [-0.05, 0) is 55.5 Å². The van der Waals surface area contributed by atoms with Gasteiger partial charge in [-0.2, -0.15) is 4.31 Å². The molecule has 184 valence electrons. The molecule has 0 aromatic heterocycles. The van der Waals surface area contributed by atoms with Gasteiger partial charge in [0.25, 0.3) is 0 Å². The minimum atomic E-state index is -3.13. The zero-order valence-electron chi connectivity index (χ0n) is 19.8. The van der Waals surface area contributed by atoms with Gasteiger partial charge in [0, 0.05) is 50.5 Å². The maximum atomic E-state index is 11.7. The van der Waals surface area contributed by atoms with Gasteiger partial charge in [-0.3, -0.25) is 4.90 Å². The van der Waals surface area contributed by atoms with Crippen molar-refractivity contribution in [2.75, 3.05) is 43.9 Å². The minimum Gasteiger partial charge on any atom is -0.491 e. The van der Waals surface area contributed by atoms with Crippen LogP contribution in [0.4, 0.5) is 5.69 Å². The average molecular weight is 486 g/mol. The van der Waals surface area contributed by atoms with Crippen molar-refractivity contribution < 1.29 is 18.3 Å². The maximum absolute atomic E-state index is 11.7. The second-order valence-electron chi connectivity index (χ2n) is 10.1. The van der Waals surface area contributed by atoms with Gasteiger partial charge in [0.1, 0.15) is 18.0 Å². The topological polar surface area (TPSA) is 73.3 Å². The summed E-state index contributed by atoms with van der Waals surface area (Å²) < 4.78 is 31.0. The molecular formula is C26H35N3O4S. The SMILES string of the molecule is CS(=O)(=O)N1CCN(c2ccc(OCC3(O)CC4CCC(C3)N4Cc3ccccc3)cc2)CC1. The van der Waals surface area contributed by atoms with E-state index < -0.39 is 15.6 Å². The number of ether oxygens (including phenoxy) is 1. The van der Waals surface area contributed by atoms with Gasteiger partial charge in [0.2, 0.25) is 10.0 Å². The van der Waals surface area contributed by atoms with Crippen LogP contribution in [0, 0.1) is 0 Å². The van der Waals surface area contributed by atoms with E-state index in [-0.39, 0.29) is 0 Å². The largest absolute Gasteiger partial charge is 0.491 e. The van der Waals surface area contributed by atoms with Crippen molar-refractivity contribution in [2.45, 2.75) is 49.9 Å². The van der Waals surface area contributed by atoms with Crippen LogP contribution in [-0.2, 0) is 16.6 Å². The molecule has 3 heterocycles. The Labute approximate surface area is 203 Å². The molecule has 2 atom stereocenters. The van der Waals surface area contributed by atoms with Crippen molar-refractivity contribution in [3.63, 3.8) is 0 Å². The van der Waals surface area contributed by atoms with Gasteiger partial charge in [0.15, 0.2) is 0 Å². The van der Waals surface area contributed by atoms with Gasteiger partial charge in [-0.15, -0.1) is 0 Å². The summed E-state index contributed by atoms with van der Waals surface area (Å²) in [7, 11) is -3.13. The first-order valence-corrected chi connectivity index (χ1v) is 14.1. The fourth-order valence-corrected chi connectivity index (χ4v) is 6.66. The number of rotatable bonds is 7. The Morgan fingerprint density at radius 3 is 2.15 bits per heavy atom. The van der Waals surface area contributed by atoms with Crippen molar-refractivity contribution in [1.29, 1.82) is 0 Å². The molecule has 2 aromatic rings. The van der Waals surface area contributed by atoms with E-state index in [4.69, 9.17) is 4.74 Å². The molecule has 2 aromatic carbocycles. The third kappa shape index (κ3) is 5.25. The number of hydrogen-bond donors (Lipinski definition) is 1. The maximum Gasteiger partial charge on any atom is 0.211 e. The average Bonchev–Trinajstić information content (AvgIpc) is 3.07. The number of benzene rings is 2. The smallest absolute Gasteiger partial charge is 0.211 e. The minimum absolute atomic E-state index is 0.311. The molecule has 0 saturated carbocycles. The number of sulfonamides is 1. The van der Waals surface area contributed by atoms with Gasteiger partial charge < -0.3 is 14.7 Å². The van der Waals surface area contributed by atoms with Crippen LogP contribution in [0.5, 0.6) is 5.75 Å². The summed E-state index contributed by atoms with van der Waals surface area (Å²) in [5, 5.41) is 11.3. The molecule has 2 bridgehead atoms. The molecule has 3 fully saturated rings. The number of aliphatic hydroxyl groups is 1. The number of nitrogens with zero attached hydrogens (tertiary/aromatic N) is 3. The first kappa shape index (κ1) is 23.6. The lowest BCUT2D eigenvalue weighted by atomic mass is 9.86. The Hall–Kier alpha value is -2.13. The molecule has 7 nitrogen and oxygen atoms in total. The fraction of sp³-hybridized carbons (Fsp3) is 0.538. The molecule has 3 aliphatic rings. The monoisotopic (exact) mass is 485 g/mol. The zero-order chi connectivity index (χ0) is 23.8. The van der Waals surface area contributed by atoms with E-state index in [1.165, 1.54) is 16.1 Å². The van der Waals surface area contributed by atoms with E-state index in [1.807, 2.05) is 24.3 Å². The van der Waals surface area contributed by atoms with Crippen LogP contribution in [-0.4, -0.2) is 79.5 Å². The number of piperidine rings is 1. The van der Waals surface area contributed by atoms with Crippen LogP contribution in [0.2, 0.25) is 0 Å². The highest BCUT2D eigenvalue weighted by atomic mass is 32.2. The highest BCUT2D eigenvalue weighted by Gasteiger charge is 2.47. The van der Waals surface area contributed by atoms with Gasteiger partial charge in [-0.1, -0.05) is 30.3 Å². The van der Waals surface area contributed by atoms with E-state index in [1.54, 1.807) is 0 Å². The molecule has 3 aliphatic heterocycles. The van der Waals surface area contributed by atoms with Crippen LogP contribution in [0.25, 0.3) is 0 Å². The quantitative estimate of drug-likeness (QED) is 0.650. The summed E-state index contributed by atoms with van der Waals surface area (Å²) in [5.74, 6) is 0.756. The summed E-state index contributed by atoms with van der Waals surface area (Å²) in [6.07, 6.45) is 5.04. The molecule has 2 unspecified atom stereocenters. The van der Waals surface area contributed by atoms with Gasteiger partial charge in [-0.25, -0.2) is 8.42 Å². The number of hydrogen-bond acceptors (Lipinski definition) is 6. The molecule has 8 heteroatoms. The van der Waals surface area contributed by atoms with E-state index in [0.29, 0.717) is 44.9 Å². The molecule has 0 radical (unpaired) electrons. The molecule has 3 saturated heterocycles. The first-order chi connectivity index (χ1) is 16.3. The van der Waals surface area contributed by atoms with Crippen molar-refractivity contribution in [1.82, 2.24) is 9.21 Å². The molecule has 0 spiro atoms. The van der Waals surface area contributed by atoms with Gasteiger partial charge in [0.05, 0.1) is 6.26 Å². The van der Waals surface area contributed by atoms with E-state index in [0.717, 1.165) is 43.7 Å². The summed E-state index contributed by atoms with van der Waals surface area (Å²) in [6.45, 7) is 3.63. The predicted octanol–water partition coefficient (Wildman–Crippen LogP) is 2.71. The zero-order valence-corrected chi connectivity index (χ0v) is 20.7. The molecule has 1 N–H and O–H groups in total. The normalized spacial score (nSPS) is 28.2. The second kappa shape index (κ2) is 9.49. The molecular weight excluding hydrogens is 450 g/mol. The lowest BCUT2D eigenvalue weighted by Crippen LogP contribution is -2.53. The second-order valence-corrected chi connectivity index (χ2v) is 12.1. The molecule has 34 heavy (non-hydrogen) atoms. The number of anilines is 1. The number of fused-ring (bicyclic) bond motifs is 2. The van der Waals surface area contributed by atoms with Crippen molar-refractivity contribution in [3.8, 4) is 5.75 Å². The lowest BCUT2D eigenvalue weighted by molar-refractivity contribution is -0.0791. The van der Waals surface area contributed by atoms with E-state index >= 15 is 0 Å². The van der Waals surface area contributed by atoms with Crippen LogP contribution < -0.4 is 9.64 Å². The molecule has 0 amide bonds. The first-order valence-electron chi connectivity index (χ1n) is 12.2. The summed E-state index contributed by atoms with van der Waals surface area (Å²) in [5.41, 5.74) is 1.60. The predicted molar refractivity (Wildman–Crippen MR) is 134 cm³/mol. The van der Waals surface area contributed by atoms with Gasteiger partial charge >= 0.3 is 0 Å². The third-order valence-corrected chi connectivity index (χ3v) is 8.93. The lowest BCUT2D eigenvalue weighted by Gasteiger charge is -2.43. The summed E-state index contributed by atoms with van der Waals surface area (Å²) in [4.78, 5) is 4.77. The molecule has 5 rings (SSSR count). The Morgan fingerprint density at radius 2 is 1.56 bits per heavy atom.